The zero-order valence-corrected chi connectivity index (χ0v) is 9.60. The summed E-state index contributed by atoms with van der Waals surface area (Å²) in [7, 11) is 0. The van der Waals surface area contributed by atoms with Crippen LogP contribution in [0.2, 0.25) is 0 Å². The molecule has 0 spiro atoms. The van der Waals surface area contributed by atoms with E-state index in [2.05, 4.69) is 0 Å². The lowest BCUT2D eigenvalue weighted by atomic mass is 10.1. The monoisotopic (exact) mass is 245 g/mol. The van der Waals surface area contributed by atoms with Gasteiger partial charge < -0.3 is 10.5 Å². The summed E-state index contributed by atoms with van der Waals surface area (Å²) < 4.78 is 18.1. The molecule has 0 saturated carbocycles. The lowest BCUT2D eigenvalue weighted by Crippen LogP contribution is -2.10. The first kappa shape index (κ1) is 12.1. The second kappa shape index (κ2) is 5.31. The van der Waals surface area contributed by atoms with E-state index in [0.29, 0.717) is 17.9 Å². The summed E-state index contributed by atoms with van der Waals surface area (Å²) in [5.41, 5.74) is 6.50. The van der Waals surface area contributed by atoms with Gasteiger partial charge in [0.25, 0.3) is 0 Å². The van der Waals surface area contributed by atoms with E-state index < -0.39 is 5.91 Å². The van der Waals surface area contributed by atoms with Gasteiger partial charge in [0.05, 0.1) is 0 Å². The molecule has 0 aliphatic heterocycles. The van der Waals surface area contributed by atoms with Crippen LogP contribution in [0.4, 0.5) is 4.39 Å². The van der Waals surface area contributed by atoms with Crippen molar-refractivity contribution in [1.29, 1.82) is 0 Å². The number of amides is 1. The zero-order valence-electron chi connectivity index (χ0n) is 9.60. The molecule has 2 N–H and O–H groups in total. The number of carbonyl (C=O) groups is 1. The number of hydrogen-bond acceptors (Lipinski definition) is 2. The van der Waals surface area contributed by atoms with Gasteiger partial charge in [-0.05, 0) is 42.0 Å². The molecule has 2 aromatic rings. The van der Waals surface area contributed by atoms with Crippen LogP contribution in [0.15, 0.2) is 48.5 Å². The molecule has 4 heteroatoms. The molecular formula is C14H12FNO2. The maximum Gasteiger partial charge on any atom is 0.248 e. The van der Waals surface area contributed by atoms with Crippen LogP contribution in [-0.2, 0) is 6.61 Å². The molecule has 0 aromatic heterocycles. The van der Waals surface area contributed by atoms with Crippen molar-refractivity contribution in [2.24, 2.45) is 5.73 Å². The predicted molar refractivity (Wildman–Crippen MR) is 65.7 cm³/mol. The Morgan fingerprint density at radius 1 is 1.06 bits per heavy atom. The number of hydrogen-bond donors (Lipinski definition) is 1. The van der Waals surface area contributed by atoms with Crippen molar-refractivity contribution < 1.29 is 13.9 Å². The van der Waals surface area contributed by atoms with Crippen molar-refractivity contribution in [3.8, 4) is 5.75 Å². The number of benzene rings is 2. The normalized spacial score (nSPS) is 10.1. The highest BCUT2D eigenvalue weighted by molar-refractivity contribution is 5.92. The quantitative estimate of drug-likeness (QED) is 0.899. The Hall–Kier alpha value is -2.36. The number of rotatable bonds is 4. The van der Waals surface area contributed by atoms with Gasteiger partial charge in [0, 0.05) is 5.56 Å². The Kier molecular flexibility index (Phi) is 3.57. The number of ether oxygens (including phenoxy) is 1. The Bertz CT molecular complexity index is 535. The molecule has 0 saturated heterocycles. The van der Waals surface area contributed by atoms with Crippen molar-refractivity contribution in [2.45, 2.75) is 6.61 Å². The van der Waals surface area contributed by atoms with E-state index in [9.17, 15) is 9.18 Å². The van der Waals surface area contributed by atoms with E-state index in [1.165, 1.54) is 12.1 Å². The molecule has 0 atom stereocenters. The maximum absolute atomic E-state index is 12.7. The van der Waals surface area contributed by atoms with E-state index in [4.69, 9.17) is 10.5 Å². The van der Waals surface area contributed by atoms with E-state index >= 15 is 0 Å². The van der Waals surface area contributed by atoms with E-state index in [1.54, 1.807) is 36.4 Å². The summed E-state index contributed by atoms with van der Waals surface area (Å²) in [4.78, 5) is 10.9. The number of carbonyl (C=O) groups excluding carboxylic acids is 1. The Morgan fingerprint density at radius 2 is 1.67 bits per heavy atom. The lowest BCUT2D eigenvalue weighted by Gasteiger charge is -2.06. The molecule has 3 nitrogen and oxygen atoms in total. The van der Waals surface area contributed by atoms with Crippen LogP contribution in [0, 0.1) is 5.82 Å². The summed E-state index contributed by atoms with van der Waals surface area (Å²) >= 11 is 0. The minimum Gasteiger partial charge on any atom is -0.489 e. The Morgan fingerprint density at radius 3 is 2.22 bits per heavy atom. The second-order valence-corrected chi connectivity index (χ2v) is 3.80. The van der Waals surface area contributed by atoms with Crippen molar-refractivity contribution in [1.82, 2.24) is 0 Å². The Labute approximate surface area is 104 Å². The van der Waals surface area contributed by atoms with Gasteiger partial charge in [0.2, 0.25) is 5.91 Å². The van der Waals surface area contributed by atoms with Crippen LogP contribution in [0.25, 0.3) is 0 Å². The topological polar surface area (TPSA) is 52.3 Å². The fourth-order valence-electron chi connectivity index (χ4n) is 1.46. The van der Waals surface area contributed by atoms with Gasteiger partial charge in [0.15, 0.2) is 0 Å². The van der Waals surface area contributed by atoms with Gasteiger partial charge in [0.1, 0.15) is 18.2 Å². The molecule has 0 aliphatic rings. The van der Waals surface area contributed by atoms with Crippen LogP contribution in [0.3, 0.4) is 0 Å². The fraction of sp³-hybridized carbons (Fsp3) is 0.0714. The molecule has 0 radical (unpaired) electrons. The highest BCUT2D eigenvalue weighted by atomic mass is 19.1. The van der Waals surface area contributed by atoms with Crippen LogP contribution in [0.1, 0.15) is 15.9 Å². The minimum atomic E-state index is -0.457. The first-order valence-corrected chi connectivity index (χ1v) is 5.42. The van der Waals surface area contributed by atoms with Crippen LogP contribution in [0.5, 0.6) is 5.75 Å². The summed E-state index contributed by atoms with van der Waals surface area (Å²) in [6, 6.07) is 12.6. The summed E-state index contributed by atoms with van der Waals surface area (Å²) in [6.45, 7) is 0.352. The molecule has 2 aromatic carbocycles. The summed E-state index contributed by atoms with van der Waals surface area (Å²) in [5.74, 6) is -0.162. The van der Waals surface area contributed by atoms with Crippen LogP contribution >= 0.6 is 0 Å². The van der Waals surface area contributed by atoms with Gasteiger partial charge >= 0.3 is 0 Å². The molecule has 2 rings (SSSR count). The van der Waals surface area contributed by atoms with Gasteiger partial charge in [-0.3, -0.25) is 4.79 Å². The van der Waals surface area contributed by atoms with Crippen molar-refractivity contribution in [3.05, 3.63) is 65.5 Å². The molecule has 0 aliphatic carbocycles. The first-order chi connectivity index (χ1) is 8.65. The summed E-state index contributed by atoms with van der Waals surface area (Å²) in [5, 5.41) is 0. The minimum absolute atomic E-state index is 0.298. The third-order valence-corrected chi connectivity index (χ3v) is 2.46. The third kappa shape index (κ3) is 3.07. The SMILES string of the molecule is NC(=O)c1ccc(COc2ccc(F)cc2)cc1. The van der Waals surface area contributed by atoms with Crippen LogP contribution < -0.4 is 10.5 Å². The van der Waals surface area contributed by atoms with E-state index in [-0.39, 0.29) is 5.82 Å². The first-order valence-electron chi connectivity index (χ1n) is 5.42. The molecule has 1 amide bonds. The molecule has 92 valence electrons. The average molecular weight is 245 g/mol. The average Bonchev–Trinajstić information content (AvgIpc) is 2.38. The third-order valence-electron chi connectivity index (χ3n) is 2.46. The molecule has 18 heavy (non-hydrogen) atoms. The Balaban J connectivity index is 1.97. The van der Waals surface area contributed by atoms with Crippen molar-refractivity contribution >= 4 is 5.91 Å². The molecule has 0 unspecified atom stereocenters. The van der Waals surface area contributed by atoms with Gasteiger partial charge in [-0.25, -0.2) is 4.39 Å². The smallest absolute Gasteiger partial charge is 0.248 e. The lowest BCUT2D eigenvalue weighted by molar-refractivity contribution is 0.1000. The zero-order chi connectivity index (χ0) is 13.0. The summed E-state index contributed by atoms with van der Waals surface area (Å²) in [6.07, 6.45) is 0. The highest BCUT2D eigenvalue weighted by Gasteiger charge is 2.00. The number of nitrogens with two attached hydrogens (primary N) is 1. The molecule has 0 fully saturated rings. The second-order valence-electron chi connectivity index (χ2n) is 3.80. The van der Waals surface area contributed by atoms with Crippen molar-refractivity contribution in [2.75, 3.05) is 0 Å². The van der Waals surface area contributed by atoms with Crippen LogP contribution in [-0.4, -0.2) is 5.91 Å². The highest BCUT2D eigenvalue weighted by Crippen LogP contribution is 2.13. The largest absolute Gasteiger partial charge is 0.489 e. The van der Waals surface area contributed by atoms with Gasteiger partial charge in [-0.2, -0.15) is 0 Å². The molecule has 0 bridgehead atoms. The van der Waals surface area contributed by atoms with E-state index in [0.717, 1.165) is 5.56 Å². The van der Waals surface area contributed by atoms with E-state index in [1.807, 2.05) is 0 Å². The van der Waals surface area contributed by atoms with Gasteiger partial charge in [-0.1, -0.05) is 12.1 Å². The number of halogens is 1. The molecule has 0 heterocycles. The maximum atomic E-state index is 12.7. The standard InChI is InChI=1S/C14H12FNO2/c15-12-5-7-13(8-6-12)18-9-10-1-3-11(4-2-10)14(16)17/h1-8H,9H2,(H2,16,17). The van der Waals surface area contributed by atoms with Gasteiger partial charge in [-0.15, -0.1) is 0 Å². The predicted octanol–water partition coefficient (Wildman–Crippen LogP) is 2.50. The number of primary amides is 1. The van der Waals surface area contributed by atoms with Crippen molar-refractivity contribution in [3.63, 3.8) is 0 Å². The molecular weight excluding hydrogens is 233 g/mol. The fourth-order valence-corrected chi connectivity index (χ4v) is 1.46.